The van der Waals surface area contributed by atoms with Gasteiger partial charge in [-0.25, -0.2) is 0 Å². The third-order valence-electron chi connectivity index (χ3n) is 2.08. The standard InChI is InChI=1S/C10H15N3O3S/c1-3-13(5-9(11)17)10(14)8-4-7(6-15-2)16-12-8/h4H,3,5-6H2,1-2H3,(H2,11,17). The van der Waals surface area contributed by atoms with Crippen LogP contribution < -0.4 is 5.73 Å². The molecule has 0 fully saturated rings. The number of likely N-dealkylation sites (N-methyl/N-ethyl adjacent to an activating group) is 1. The maximum atomic E-state index is 12.0. The van der Waals surface area contributed by atoms with Crippen molar-refractivity contribution in [2.24, 2.45) is 5.73 Å². The van der Waals surface area contributed by atoms with Crippen molar-refractivity contribution in [2.75, 3.05) is 20.2 Å². The lowest BCUT2D eigenvalue weighted by molar-refractivity contribution is 0.0777. The normalized spacial score (nSPS) is 10.2. The number of hydrogen-bond acceptors (Lipinski definition) is 5. The lowest BCUT2D eigenvalue weighted by Gasteiger charge is -2.18. The van der Waals surface area contributed by atoms with Crippen molar-refractivity contribution in [3.8, 4) is 0 Å². The van der Waals surface area contributed by atoms with Gasteiger partial charge >= 0.3 is 0 Å². The molecule has 0 radical (unpaired) electrons. The number of ether oxygens (including phenoxy) is 1. The molecule has 0 bridgehead atoms. The van der Waals surface area contributed by atoms with Gasteiger partial charge in [-0.15, -0.1) is 0 Å². The van der Waals surface area contributed by atoms with E-state index in [4.69, 9.17) is 27.2 Å². The zero-order chi connectivity index (χ0) is 12.8. The van der Waals surface area contributed by atoms with Crippen LogP contribution in [0.3, 0.4) is 0 Å². The first kappa shape index (κ1) is 13.6. The van der Waals surface area contributed by atoms with Gasteiger partial charge < -0.3 is 19.9 Å². The number of thiocarbonyl (C=S) groups is 1. The molecule has 0 atom stereocenters. The van der Waals surface area contributed by atoms with Crippen LogP contribution in [0, 0.1) is 0 Å². The summed E-state index contributed by atoms with van der Waals surface area (Å²) in [5, 5.41) is 3.68. The highest BCUT2D eigenvalue weighted by atomic mass is 32.1. The highest BCUT2D eigenvalue weighted by Gasteiger charge is 2.19. The van der Waals surface area contributed by atoms with E-state index in [0.717, 1.165) is 0 Å². The highest BCUT2D eigenvalue weighted by molar-refractivity contribution is 7.80. The smallest absolute Gasteiger partial charge is 0.276 e. The summed E-state index contributed by atoms with van der Waals surface area (Å²) < 4.78 is 9.81. The molecule has 94 valence electrons. The molecule has 7 heteroatoms. The van der Waals surface area contributed by atoms with Crippen LogP contribution in [0.1, 0.15) is 23.2 Å². The molecule has 1 aromatic rings. The molecule has 0 saturated carbocycles. The molecule has 1 heterocycles. The third-order valence-corrected chi connectivity index (χ3v) is 2.21. The Kier molecular flexibility index (Phi) is 5.05. The maximum absolute atomic E-state index is 12.0. The van der Waals surface area contributed by atoms with Crippen molar-refractivity contribution in [3.63, 3.8) is 0 Å². The van der Waals surface area contributed by atoms with Crippen LogP contribution in [0.25, 0.3) is 0 Å². The molecule has 0 aliphatic heterocycles. The number of aromatic nitrogens is 1. The predicted octanol–water partition coefficient (Wildman–Crippen LogP) is 0.569. The molecule has 6 nitrogen and oxygen atoms in total. The summed E-state index contributed by atoms with van der Waals surface area (Å²) in [7, 11) is 1.54. The van der Waals surface area contributed by atoms with Crippen LogP contribution in [0.5, 0.6) is 0 Å². The van der Waals surface area contributed by atoms with Crippen LogP contribution in [0.15, 0.2) is 10.6 Å². The van der Waals surface area contributed by atoms with Gasteiger partial charge in [-0.05, 0) is 6.92 Å². The summed E-state index contributed by atoms with van der Waals surface area (Å²) in [6, 6.07) is 1.55. The Bertz CT molecular complexity index is 405. The Morgan fingerprint density at radius 3 is 2.94 bits per heavy atom. The summed E-state index contributed by atoms with van der Waals surface area (Å²) in [6.45, 7) is 2.85. The lowest BCUT2D eigenvalue weighted by atomic mass is 10.3. The molecule has 0 aliphatic carbocycles. The van der Waals surface area contributed by atoms with E-state index in [2.05, 4.69) is 5.16 Å². The van der Waals surface area contributed by atoms with Crippen molar-refractivity contribution in [3.05, 3.63) is 17.5 Å². The molecule has 0 aliphatic rings. The fourth-order valence-electron chi connectivity index (χ4n) is 1.30. The van der Waals surface area contributed by atoms with Crippen LogP contribution in [-0.4, -0.2) is 41.2 Å². The van der Waals surface area contributed by atoms with Crippen molar-refractivity contribution in [1.82, 2.24) is 10.1 Å². The molecule has 1 rings (SSSR count). The molecule has 0 spiro atoms. The Balaban J connectivity index is 2.75. The monoisotopic (exact) mass is 257 g/mol. The molecule has 1 amide bonds. The van der Waals surface area contributed by atoms with Crippen molar-refractivity contribution >= 4 is 23.1 Å². The van der Waals surface area contributed by atoms with Crippen LogP contribution in [-0.2, 0) is 11.3 Å². The number of nitrogens with zero attached hydrogens (tertiary/aromatic N) is 2. The number of carbonyl (C=O) groups is 1. The molecule has 17 heavy (non-hydrogen) atoms. The number of nitrogens with two attached hydrogens (primary N) is 1. The van der Waals surface area contributed by atoms with E-state index in [0.29, 0.717) is 12.3 Å². The van der Waals surface area contributed by atoms with Gasteiger partial charge in [-0.2, -0.15) is 0 Å². The second-order valence-corrected chi connectivity index (χ2v) is 3.92. The van der Waals surface area contributed by atoms with Gasteiger partial charge in [-0.3, -0.25) is 4.79 Å². The minimum absolute atomic E-state index is 0.232. The molecule has 0 unspecified atom stereocenters. The number of carbonyl (C=O) groups excluding carboxylic acids is 1. The summed E-state index contributed by atoms with van der Waals surface area (Å²) in [4.78, 5) is 13.7. The van der Waals surface area contributed by atoms with E-state index < -0.39 is 0 Å². The summed E-state index contributed by atoms with van der Waals surface area (Å²) in [5.74, 6) is 0.244. The second-order valence-electron chi connectivity index (χ2n) is 3.40. The first-order valence-corrected chi connectivity index (χ1v) is 5.51. The molecular formula is C10H15N3O3S. The van der Waals surface area contributed by atoms with Gasteiger partial charge in [0.2, 0.25) is 0 Å². The highest BCUT2D eigenvalue weighted by Crippen LogP contribution is 2.08. The predicted molar refractivity (Wildman–Crippen MR) is 65.6 cm³/mol. The molecule has 2 N–H and O–H groups in total. The van der Waals surface area contributed by atoms with Crippen LogP contribution in [0.4, 0.5) is 0 Å². The summed E-state index contributed by atoms with van der Waals surface area (Å²) in [6.07, 6.45) is 0. The van der Waals surface area contributed by atoms with Crippen LogP contribution in [0.2, 0.25) is 0 Å². The Hall–Kier alpha value is -1.47. The Morgan fingerprint density at radius 1 is 1.71 bits per heavy atom. The van der Waals surface area contributed by atoms with E-state index in [1.807, 2.05) is 6.92 Å². The van der Waals surface area contributed by atoms with E-state index in [1.165, 1.54) is 12.0 Å². The Labute approximate surface area is 105 Å². The lowest BCUT2D eigenvalue weighted by Crippen LogP contribution is -2.37. The average Bonchev–Trinajstić information content (AvgIpc) is 2.74. The number of methoxy groups -OCH3 is 1. The van der Waals surface area contributed by atoms with E-state index in [1.54, 1.807) is 6.07 Å². The van der Waals surface area contributed by atoms with Crippen molar-refractivity contribution < 1.29 is 14.1 Å². The summed E-state index contributed by atoms with van der Waals surface area (Å²) in [5.41, 5.74) is 5.64. The van der Waals surface area contributed by atoms with Crippen LogP contribution >= 0.6 is 12.2 Å². The van der Waals surface area contributed by atoms with E-state index in [-0.39, 0.29) is 29.7 Å². The molecular weight excluding hydrogens is 242 g/mol. The first-order chi connectivity index (χ1) is 8.08. The molecule has 1 aromatic heterocycles. The van der Waals surface area contributed by atoms with Gasteiger partial charge in [0.1, 0.15) is 6.61 Å². The molecule has 0 aromatic carbocycles. The topological polar surface area (TPSA) is 81.6 Å². The zero-order valence-corrected chi connectivity index (χ0v) is 10.6. The average molecular weight is 257 g/mol. The zero-order valence-electron chi connectivity index (χ0n) is 9.80. The van der Waals surface area contributed by atoms with Gasteiger partial charge in [0.25, 0.3) is 5.91 Å². The van der Waals surface area contributed by atoms with Gasteiger partial charge in [0, 0.05) is 19.7 Å². The maximum Gasteiger partial charge on any atom is 0.276 e. The van der Waals surface area contributed by atoms with E-state index >= 15 is 0 Å². The van der Waals surface area contributed by atoms with Crippen molar-refractivity contribution in [2.45, 2.75) is 13.5 Å². The quantitative estimate of drug-likeness (QED) is 0.750. The number of rotatable bonds is 6. The van der Waals surface area contributed by atoms with Gasteiger partial charge in [0.05, 0.1) is 11.5 Å². The van der Waals surface area contributed by atoms with Gasteiger partial charge in [-0.1, -0.05) is 17.4 Å². The largest absolute Gasteiger partial charge is 0.392 e. The third kappa shape index (κ3) is 3.79. The van der Waals surface area contributed by atoms with E-state index in [9.17, 15) is 4.79 Å². The number of amides is 1. The summed E-state index contributed by atoms with van der Waals surface area (Å²) >= 11 is 4.77. The fraction of sp³-hybridized carbons (Fsp3) is 0.500. The minimum Gasteiger partial charge on any atom is -0.392 e. The minimum atomic E-state index is -0.258. The van der Waals surface area contributed by atoms with Gasteiger partial charge in [0.15, 0.2) is 11.5 Å². The Morgan fingerprint density at radius 2 is 2.41 bits per heavy atom. The molecule has 0 saturated heterocycles. The fourth-order valence-corrected chi connectivity index (χ4v) is 1.46. The first-order valence-electron chi connectivity index (χ1n) is 5.10. The second kappa shape index (κ2) is 6.31. The number of hydrogen-bond donors (Lipinski definition) is 1. The van der Waals surface area contributed by atoms with Crippen molar-refractivity contribution in [1.29, 1.82) is 0 Å². The SMILES string of the molecule is CCN(CC(N)=S)C(=O)c1cc(COC)on1.